The lowest BCUT2D eigenvalue weighted by molar-refractivity contribution is 0.144. The fourth-order valence-electron chi connectivity index (χ4n) is 3.46. The van der Waals surface area contributed by atoms with Crippen molar-refractivity contribution in [2.75, 3.05) is 19.6 Å². The number of aromatic nitrogens is 3. The third-order valence-corrected chi connectivity index (χ3v) is 4.68. The van der Waals surface area contributed by atoms with Crippen LogP contribution in [-0.4, -0.2) is 39.3 Å². The predicted octanol–water partition coefficient (Wildman–Crippen LogP) is 2.79. The highest BCUT2D eigenvalue weighted by Crippen LogP contribution is 2.34. The minimum atomic E-state index is 0.721. The van der Waals surface area contributed by atoms with Crippen LogP contribution in [-0.2, 0) is 6.54 Å². The van der Waals surface area contributed by atoms with Gasteiger partial charge in [0, 0.05) is 13.1 Å². The van der Waals surface area contributed by atoms with Gasteiger partial charge in [0.2, 0.25) is 0 Å². The van der Waals surface area contributed by atoms with E-state index in [2.05, 4.69) is 52.2 Å². The highest BCUT2D eigenvalue weighted by Gasteiger charge is 2.28. The van der Waals surface area contributed by atoms with E-state index in [1.165, 1.54) is 31.5 Å². The molecule has 0 amide bonds. The van der Waals surface area contributed by atoms with E-state index in [9.17, 15) is 0 Å². The molecule has 1 aromatic carbocycles. The lowest BCUT2D eigenvalue weighted by Gasteiger charge is -2.38. The van der Waals surface area contributed by atoms with Gasteiger partial charge in [-0.15, -0.1) is 0 Å². The van der Waals surface area contributed by atoms with Gasteiger partial charge in [-0.05, 0) is 30.4 Å². The number of hydrogen-bond donors (Lipinski definition) is 0. The summed E-state index contributed by atoms with van der Waals surface area (Å²) in [5.41, 5.74) is 1.51. The second kappa shape index (κ2) is 6.85. The summed E-state index contributed by atoms with van der Waals surface area (Å²) in [7, 11) is 0. The van der Waals surface area contributed by atoms with Crippen molar-refractivity contribution < 1.29 is 0 Å². The van der Waals surface area contributed by atoms with Gasteiger partial charge in [0.25, 0.3) is 0 Å². The molecule has 0 spiro atoms. The lowest BCUT2D eigenvalue weighted by atomic mass is 9.79. The fourth-order valence-corrected chi connectivity index (χ4v) is 3.46. The van der Waals surface area contributed by atoms with E-state index < -0.39 is 0 Å². The van der Waals surface area contributed by atoms with E-state index in [1.54, 1.807) is 12.7 Å². The van der Waals surface area contributed by atoms with Gasteiger partial charge in [0.1, 0.15) is 12.7 Å². The van der Waals surface area contributed by atoms with Gasteiger partial charge in [-0.3, -0.25) is 4.68 Å². The standard InChI is InChI=1S/C17H24N4/c1-2-15-12-20(10-11-21-14-18-13-19-21)9-8-17(15)16-6-4-3-5-7-16/h3-7,13-15,17H,2,8-12H2,1H3/t15-,17-/m0/s1. The molecule has 0 saturated carbocycles. The minimum Gasteiger partial charge on any atom is -0.301 e. The molecular weight excluding hydrogens is 260 g/mol. The topological polar surface area (TPSA) is 34.0 Å². The van der Waals surface area contributed by atoms with E-state index in [0.29, 0.717) is 0 Å². The average molecular weight is 284 g/mol. The van der Waals surface area contributed by atoms with Crippen molar-refractivity contribution in [1.82, 2.24) is 19.7 Å². The summed E-state index contributed by atoms with van der Waals surface area (Å²) in [6, 6.07) is 11.0. The van der Waals surface area contributed by atoms with Crippen LogP contribution in [0.15, 0.2) is 43.0 Å². The Bertz CT molecular complexity index is 523. The van der Waals surface area contributed by atoms with Crippen molar-refractivity contribution in [3.8, 4) is 0 Å². The molecule has 0 N–H and O–H groups in total. The van der Waals surface area contributed by atoms with Crippen LogP contribution in [0, 0.1) is 5.92 Å². The zero-order valence-corrected chi connectivity index (χ0v) is 12.7. The molecule has 3 rings (SSSR count). The maximum atomic E-state index is 4.18. The second-order valence-electron chi connectivity index (χ2n) is 5.93. The van der Waals surface area contributed by atoms with Gasteiger partial charge in [0.05, 0.1) is 6.54 Å². The van der Waals surface area contributed by atoms with E-state index in [-0.39, 0.29) is 0 Å². The molecule has 0 aliphatic carbocycles. The minimum absolute atomic E-state index is 0.721. The Morgan fingerprint density at radius 3 is 2.76 bits per heavy atom. The van der Waals surface area contributed by atoms with Crippen molar-refractivity contribution >= 4 is 0 Å². The summed E-state index contributed by atoms with van der Waals surface area (Å²) in [4.78, 5) is 6.58. The number of benzene rings is 1. The summed E-state index contributed by atoms with van der Waals surface area (Å²) < 4.78 is 1.92. The molecule has 2 aromatic rings. The molecule has 0 radical (unpaired) electrons. The Kier molecular flexibility index (Phi) is 4.65. The Labute approximate surface area is 126 Å². The molecule has 2 atom stereocenters. The van der Waals surface area contributed by atoms with Crippen molar-refractivity contribution in [1.29, 1.82) is 0 Å². The Morgan fingerprint density at radius 2 is 2.05 bits per heavy atom. The summed E-state index contributed by atoms with van der Waals surface area (Å²) in [6.07, 6.45) is 5.92. The Morgan fingerprint density at radius 1 is 1.19 bits per heavy atom. The Hall–Kier alpha value is -1.68. The lowest BCUT2D eigenvalue weighted by Crippen LogP contribution is -2.40. The largest absolute Gasteiger partial charge is 0.301 e. The van der Waals surface area contributed by atoms with Crippen LogP contribution < -0.4 is 0 Å². The molecule has 1 saturated heterocycles. The third kappa shape index (κ3) is 3.50. The average Bonchev–Trinajstić information content (AvgIpc) is 3.07. The molecular formula is C17H24N4. The number of piperidine rings is 1. The smallest absolute Gasteiger partial charge is 0.137 e. The van der Waals surface area contributed by atoms with Crippen LogP contribution >= 0.6 is 0 Å². The maximum Gasteiger partial charge on any atom is 0.137 e. The highest BCUT2D eigenvalue weighted by atomic mass is 15.3. The van der Waals surface area contributed by atoms with Crippen LogP contribution in [0.25, 0.3) is 0 Å². The number of rotatable bonds is 5. The highest BCUT2D eigenvalue weighted by molar-refractivity contribution is 5.21. The molecule has 1 aliphatic rings. The van der Waals surface area contributed by atoms with Gasteiger partial charge in [0.15, 0.2) is 0 Å². The SMILES string of the molecule is CC[C@H]1CN(CCn2cncn2)CC[C@@H]1c1ccccc1. The first-order valence-corrected chi connectivity index (χ1v) is 7.96. The molecule has 1 fully saturated rings. The van der Waals surface area contributed by atoms with E-state index in [1.807, 2.05) is 4.68 Å². The van der Waals surface area contributed by atoms with Crippen LogP contribution in [0.2, 0.25) is 0 Å². The van der Waals surface area contributed by atoms with Gasteiger partial charge in [-0.1, -0.05) is 43.7 Å². The summed E-state index contributed by atoms with van der Waals surface area (Å²) >= 11 is 0. The van der Waals surface area contributed by atoms with Crippen LogP contribution in [0.4, 0.5) is 0 Å². The Balaban J connectivity index is 1.58. The number of hydrogen-bond acceptors (Lipinski definition) is 3. The summed E-state index contributed by atoms with van der Waals surface area (Å²) in [5.74, 6) is 1.48. The van der Waals surface area contributed by atoms with Gasteiger partial charge in [-0.25, -0.2) is 4.98 Å². The first-order valence-electron chi connectivity index (χ1n) is 7.96. The molecule has 21 heavy (non-hydrogen) atoms. The summed E-state index contributed by atoms with van der Waals surface area (Å²) in [6.45, 7) is 6.71. The maximum absolute atomic E-state index is 4.18. The van der Waals surface area contributed by atoms with Gasteiger partial charge < -0.3 is 4.90 Å². The molecule has 2 heterocycles. The van der Waals surface area contributed by atoms with Gasteiger partial charge in [-0.2, -0.15) is 5.10 Å². The molecule has 0 unspecified atom stereocenters. The molecule has 112 valence electrons. The van der Waals surface area contributed by atoms with Gasteiger partial charge >= 0.3 is 0 Å². The third-order valence-electron chi connectivity index (χ3n) is 4.68. The molecule has 4 heteroatoms. The van der Waals surface area contributed by atoms with Crippen LogP contribution in [0.1, 0.15) is 31.2 Å². The van der Waals surface area contributed by atoms with Crippen LogP contribution in [0.3, 0.4) is 0 Å². The van der Waals surface area contributed by atoms with E-state index in [4.69, 9.17) is 0 Å². The van der Waals surface area contributed by atoms with E-state index >= 15 is 0 Å². The van der Waals surface area contributed by atoms with Crippen molar-refractivity contribution in [2.45, 2.75) is 32.2 Å². The fraction of sp³-hybridized carbons (Fsp3) is 0.529. The normalized spacial score (nSPS) is 23.3. The zero-order chi connectivity index (χ0) is 14.5. The quantitative estimate of drug-likeness (QED) is 0.846. The number of nitrogens with zero attached hydrogens (tertiary/aromatic N) is 4. The zero-order valence-electron chi connectivity index (χ0n) is 12.7. The van der Waals surface area contributed by atoms with Crippen molar-refractivity contribution in [2.24, 2.45) is 5.92 Å². The molecule has 1 aliphatic heterocycles. The van der Waals surface area contributed by atoms with Crippen molar-refractivity contribution in [3.05, 3.63) is 48.5 Å². The van der Waals surface area contributed by atoms with Crippen LogP contribution in [0.5, 0.6) is 0 Å². The molecule has 1 aromatic heterocycles. The molecule has 0 bridgehead atoms. The summed E-state index contributed by atoms with van der Waals surface area (Å²) in [5, 5.41) is 4.18. The monoisotopic (exact) mass is 284 g/mol. The molecule has 4 nitrogen and oxygen atoms in total. The van der Waals surface area contributed by atoms with Crippen molar-refractivity contribution in [3.63, 3.8) is 0 Å². The van der Waals surface area contributed by atoms with E-state index in [0.717, 1.165) is 24.9 Å². The second-order valence-corrected chi connectivity index (χ2v) is 5.93. The predicted molar refractivity (Wildman–Crippen MR) is 84.0 cm³/mol. The first kappa shape index (κ1) is 14.3. The first-order chi connectivity index (χ1) is 10.4. The number of likely N-dealkylation sites (tertiary alicyclic amines) is 1.